The maximum atomic E-state index is 4.42. The van der Waals surface area contributed by atoms with E-state index >= 15 is 0 Å². The number of rotatable bonds is 4. The molecule has 0 bridgehead atoms. The molecule has 0 radical (unpaired) electrons. The van der Waals surface area contributed by atoms with E-state index in [1.165, 1.54) is 16.1 Å². The second-order valence-corrected chi connectivity index (χ2v) is 5.99. The molecule has 2 heterocycles. The van der Waals surface area contributed by atoms with Crippen molar-refractivity contribution < 1.29 is 0 Å². The fourth-order valence-electron chi connectivity index (χ4n) is 2.77. The Labute approximate surface area is 118 Å². The fraction of sp³-hybridized carbons (Fsp3) is 0.400. The van der Waals surface area contributed by atoms with Crippen molar-refractivity contribution in [3.05, 3.63) is 52.0 Å². The summed E-state index contributed by atoms with van der Waals surface area (Å²) in [6.07, 6.45) is 3.02. The lowest BCUT2D eigenvalue weighted by molar-refractivity contribution is 0.161. The van der Waals surface area contributed by atoms with Crippen LogP contribution in [0.15, 0.2) is 35.8 Å². The van der Waals surface area contributed by atoms with Crippen molar-refractivity contribution in [2.45, 2.75) is 25.6 Å². The average molecular weight is 273 g/mol. The van der Waals surface area contributed by atoms with Crippen molar-refractivity contribution in [2.75, 3.05) is 13.6 Å². The largest absolute Gasteiger partial charge is 0.318 e. The molecule has 1 aliphatic heterocycles. The summed E-state index contributed by atoms with van der Waals surface area (Å²) in [6, 6.07) is 9.35. The van der Waals surface area contributed by atoms with Crippen LogP contribution >= 0.6 is 11.3 Å². The molecule has 19 heavy (non-hydrogen) atoms. The van der Waals surface area contributed by atoms with Crippen LogP contribution in [0.5, 0.6) is 0 Å². The topological polar surface area (TPSA) is 28.2 Å². The first-order valence-corrected chi connectivity index (χ1v) is 7.58. The third kappa shape index (κ3) is 2.86. The lowest BCUT2D eigenvalue weighted by Gasteiger charge is -2.36. The predicted molar refractivity (Wildman–Crippen MR) is 79.2 cm³/mol. The lowest BCUT2D eigenvalue weighted by atomic mass is 9.94. The number of nitrogens with zero attached hydrogens (tertiary/aromatic N) is 2. The van der Waals surface area contributed by atoms with E-state index in [0.29, 0.717) is 6.04 Å². The van der Waals surface area contributed by atoms with Crippen molar-refractivity contribution in [1.82, 2.24) is 15.2 Å². The van der Waals surface area contributed by atoms with E-state index in [-0.39, 0.29) is 0 Å². The Bertz CT molecular complexity index is 524. The molecule has 100 valence electrons. The van der Waals surface area contributed by atoms with Crippen LogP contribution in [0, 0.1) is 0 Å². The van der Waals surface area contributed by atoms with E-state index in [2.05, 4.69) is 44.8 Å². The first-order valence-electron chi connectivity index (χ1n) is 6.70. The van der Waals surface area contributed by atoms with Gasteiger partial charge in [0.2, 0.25) is 0 Å². The van der Waals surface area contributed by atoms with Crippen LogP contribution < -0.4 is 5.32 Å². The maximum Gasteiger partial charge on any atom is 0.107 e. The van der Waals surface area contributed by atoms with Crippen molar-refractivity contribution in [3.63, 3.8) is 0 Å². The molecule has 2 aromatic rings. The van der Waals surface area contributed by atoms with Gasteiger partial charge in [0.25, 0.3) is 0 Å². The van der Waals surface area contributed by atoms with E-state index in [1.807, 2.05) is 13.2 Å². The minimum Gasteiger partial charge on any atom is -0.318 e. The van der Waals surface area contributed by atoms with Crippen molar-refractivity contribution in [1.29, 1.82) is 0 Å². The first kappa shape index (κ1) is 12.8. The minimum absolute atomic E-state index is 0.559. The maximum absolute atomic E-state index is 4.42. The van der Waals surface area contributed by atoms with E-state index in [4.69, 9.17) is 0 Å². The third-order valence-electron chi connectivity index (χ3n) is 3.73. The number of aromatic nitrogens is 1. The van der Waals surface area contributed by atoms with Crippen LogP contribution in [-0.4, -0.2) is 29.5 Å². The summed E-state index contributed by atoms with van der Waals surface area (Å²) >= 11 is 1.74. The molecule has 0 spiro atoms. The van der Waals surface area contributed by atoms with Gasteiger partial charge in [0.15, 0.2) is 0 Å². The van der Waals surface area contributed by atoms with Gasteiger partial charge in [0, 0.05) is 30.7 Å². The summed E-state index contributed by atoms with van der Waals surface area (Å²) in [4.78, 5) is 6.96. The van der Waals surface area contributed by atoms with Gasteiger partial charge in [-0.25, -0.2) is 4.98 Å². The highest BCUT2D eigenvalue weighted by Gasteiger charge is 2.25. The first-order chi connectivity index (χ1) is 9.36. The Morgan fingerprint density at radius 1 is 1.37 bits per heavy atom. The highest BCUT2D eigenvalue weighted by atomic mass is 32.1. The zero-order chi connectivity index (χ0) is 13.1. The Morgan fingerprint density at radius 3 is 2.95 bits per heavy atom. The van der Waals surface area contributed by atoms with Crippen molar-refractivity contribution in [3.8, 4) is 0 Å². The number of nitrogens with one attached hydrogen (secondary N) is 1. The number of hydrogen-bond acceptors (Lipinski definition) is 4. The third-order valence-corrected chi connectivity index (χ3v) is 4.49. The Morgan fingerprint density at radius 2 is 2.21 bits per heavy atom. The van der Waals surface area contributed by atoms with Crippen LogP contribution in [0.3, 0.4) is 0 Å². The molecule has 1 N–H and O–H groups in total. The summed E-state index contributed by atoms with van der Waals surface area (Å²) in [5, 5.41) is 6.58. The molecule has 4 heteroatoms. The summed E-state index contributed by atoms with van der Waals surface area (Å²) in [7, 11) is 2.03. The summed E-state index contributed by atoms with van der Waals surface area (Å²) in [5.41, 5.74) is 2.96. The molecule has 0 fully saturated rings. The van der Waals surface area contributed by atoms with Gasteiger partial charge in [-0.3, -0.25) is 4.90 Å². The second kappa shape index (κ2) is 5.82. The Balaban J connectivity index is 1.81. The molecule has 1 unspecified atom stereocenters. The lowest BCUT2D eigenvalue weighted by Crippen LogP contribution is -2.45. The van der Waals surface area contributed by atoms with Gasteiger partial charge in [-0.2, -0.15) is 0 Å². The molecule has 0 saturated carbocycles. The van der Waals surface area contributed by atoms with Crippen molar-refractivity contribution in [2.24, 2.45) is 0 Å². The van der Waals surface area contributed by atoms with Gasteiger partial charge in [-0.1, -0.05) is 24.3 Å². The summed E-state index contributed by atoms with van der Waals surface area (Å²) in [6.45, 7) is 3.01. The van der Waals surface area contributed by atoms with Gasteiger partial charge >= 0.3 is 0 Å². The second-order valence-electron chi connectivity index (χ2n) is 5.02. The van der Waals surface area contributed by atoms with Crippen LogP contribution in [0.25, 0.3) is 0 Å². The van der Waals surface area contributed by atoms with Crippen LogP contribution in [-0.2, 0) is 19.5 Å². The number of benzene rings is 1. The van der Waals surface area contributed by atoms with E-state index in [9.17, 15) is 0 Å². The molecular formula is C15H19N3S. The molecule has 1 aliphatic rings. The number of hydrogen-bond donors (Lipinski definition) is 1. The Kier molecular flexibility index (Phi) is 3.92. The molecule has 1 atom stereocenters. The van der Waals surface area contributed by atoms with Gasteiger partial charge in [-0.15, -0.1) is 11.3 Å². The van der Waals surface area contributed by atoms with Gasteiger partial charge < -0.3 is 5.32 Å². The molecule has 0 saturated heterocycles. The quantitative estimate of drug-likeness (QED) is 0.926. The molecule has 1 aromatic carbocycles. The minimum atomic E-state index is 0.559. The number of fused-ring (bicyclic) bond motifs is 1. The van der Waals surface area contributed by atoms with Crippen LogP contribution in [0.1, 0.15) is 16.1 Å². The average Bonchev–Trinajstić information content (AvgIpc) is 2.93. The Hall–Kier alpha value is -1.23. The highest BCUT2D eigenvalue weighted by molar-refractivity contribution is 7.09. The van der Waals surface area contributed by atoms with Gasteiger partial charge in [0.05, 0.1) is 6.54 Å². The van der Waals surface area contributed by atoms with E-state index in [0.717, 1.165) is 26.1 Å². The molecule has 0 amide bonds. The fourth-order valence-corrected chi connectivity index (χ4v) is 3.41. The normalized spacial score (nSPS) is 19.3. The predicted octanol–water partition coefficient (Wildman–Crippen LogP) is 2.29. The standard InChI is InChI=1S/C15H19N3S/c1-16-9-14-8-12-4-2-3-5-13(12)10-18(14)11-15-17-6-7-19-15/h2-7,14,16H,8-11H2,1H3. The summed E-state index contributed by atoms with van der Waals surface area (Å²) in [5.74, 6) is 0. The zero-order valence-electron chi connectivity index (χ0n) is 11.2. The molecule has 1 aromatic heterocycles. The number of likely N-dealkylation sites (N-methyl/N-ethyl adjacent to an activating group) is 1. The van der Waals surface area contributed by atoms with Crippen molar-refractivity contribution >= 4 is 11.3 Å². The van der Waals surface area contributed by atoms with Crippen LogP contribution in [0.2, 0.25) is 0 Å². The van der Waals surface area contributed by atoms with E-state index < -0.39 is 0 Å². The highest BCUT2D eigenvalue weighted by Crippen LogP contribution is 2.25. The molecule has 3 rings (SSSR count). The monoisotopic (exact) mass is 273 g/mol. The van der Waals surface area contributed by atoms with E-state index in [1.54, 1.807) is 11.3 Å². The number of thiazole rings is 1. The molecule has 3 nitrogen and oxygen atoms in total. The molecule has 0 aliphatic carbocycles. The smallest absolute Gasteiger partial charge is 0.107 e. The van der Waals surface area contributed by atoms with Crippen LogP contribution in [0.4, 0.5) is 0 Å². The van der Waals surface area contributed by atoms with Gasteiger partial charge in [-0.05, 0) is 24.6 Å². The zero-order valence-corrected chi connectivity index (χ0v) is 12.0. The summed E-state index contributed by atoms with van der Waals surface area (Å²) < 4.78 is 0. The SMILES string of the molecule is CNCC1Cc2ccccc2CN1Cc1nccs1. The molecular weight excluding hydrogens is 254 g/mol. The van der Waals surface area contributed by atoms with Gasteiger partial charge in [0.1, 0.15) is 5.01 Å².